The smallest absolute Gasteiger partial charge is 0.237 e. The van der Waals surface area contributed by atoms with E-state index in [1.54, 1.807) is 6.92 Å². The van der Waals surface area contributed by atoms with Crippen molar-refractivity contribution in [2.24, 2.45) is 5.92 Å². The average Bonchev–Trinajstić information content (AvgIpc) is 2.56. The molecule has 0 aromatic rings. The van der Waals surface area contributed by atoms with Gasteiger partial charge in [0.2, 0.25) is 5.91 Å². The molecule has 1 aliphatic rings. The van der Waals surface area contributed by atoms with Gasteiger partial charge in [0.25, 0.3) is 0 Å². The van der Waals surface area contributed by atoms with E-state index in [0.717, 1.165) is 18.9 Å². The van der Waals surface area contributed by atoms with E-state index in [-0.39, 0.29) is 5.91 Å². The Kier molecular flexibility index (Phi) is 4.57. The largest absolute Gasteiger partial charge is 0.355 e. The Bertz CT molecular complexity index is 164. The minimum absolute atomic E-state index is 0.0420. The normalized spacial score (nSPS) is 20.2. The van der Waals surface area contributed by atoms with E-state index in [1.165, 1.54) is 25.7 Å². The Morgan fingerprint density at radius 1 is 1.54 bits per heavy atom. The van der Waals surface area contributed by atoms with Crippen LogP contribution in [0.25, 0.3) is 0 Å². The van der Waals surface area contributed by atoms with Crippen LogP contribution < -0.4 is 5.32 Å². The van der Waals surface area contributed by atoms with Crippen LogP contribution in [0.4, 0.5) is 0 Å². The molecule has 0 saturated heterocycles. The third kappa shape index (κ3) is 3.99. The van der Waals surface area contributed by atoms with Gasteiger partial charge in [-0.2, -0.15) is 0 Å². The first kappa shape index (κ1) is 10.8. The molecule has 1 amide bonds. The molecule has 13 heavy (non-hydrogen) atoms. The highest BCUT2D eigenvalue weighted by atomic mass is 35.5. The minimum Gasteiger partial charge on any atom is -0.355 e. The highest BCUT2D eigenvalue weighted by Crippen LogP contribution is 2.26. The fraction of sp³-hybridized carbons (Fsp3) is 0.900. The average molecular weight is 204 g/mol. The zero-order valence-corrected chi connectivity index (χ0v) is 8.94. The first-order chi connectivity index (χ1) is 6.20. The van der Waals surface area contributed by atoms with Crippen molar-refractivity contribution in [2.45, 2.75) is 44.4 Å². The lowest BCUT2D eigenvalue weighted by atomic mass is 10.0. The van der Waals surface area contributed by atoms with E-state index in [1.807, 2.05) is 0 Å². The number of halogens is 1. The molecule has 1 unspecified atom stereocenters. The number of nitrogens with one attached hydrogen (secondary N) is 1. The minimum atomic E-state index is -0.399. The maximum atomic E-state index is 11.1. The van der Waals surface area contributed by atoms with Crippen LogP contribution in [0.2, 0.25) is 0 Å². The fourth-order valence-electron chi connectivity index (χ4n) is 1.84. The molecule has 1 saturated carbocycles. The lowest BCUT2D eigenvalue weighted by molar-refractivity contribution is -0.120. The van der Waals surface area contributed by atoms with Gasteiger partial charge in [-0.05, 0) is 19.3 Å². The van der Waals surface area contributed by atoms with Gasteiger partial charge >= 0.3 is 0 Å². The molecular formula is C10H18ClNO. The molecule has 1 fully saturated rings. The molecule has 0 bridgehead atoms. The summed E-state index contributed by atoms with van der Waals surface area (Å²) in [5, 5.41) is 2.44. The number of hydrogen-bond donors (Lipinski definition) is 1. The van der Waals surface area contributed by atoms with E-state index < -0.39 is 5.38 Å². The fourth-order valence-corrected chi connectivity index (χ4v) is 1.92. The van der Waals surface area contributed by atoms with Crippen LogP contribution in [0.1, 0.15) is 39.0 Å². The van der Waals surface area contributed by atoms with Gasteiger partial charge in [-0.3, -0.25) is 4.79 Å². The zero-order chi connectivity index (χ0) is 9.68. The number of rotatable bonds is 4. The second-order valence-electron chi connectivity index (χ2n) is 3.85. The van der Waals surface area contributed by atoms with Gasteiger partial charge < -0.3 is 5.32 Å². The van der Waals surface area contributed by atoms with Crippen LogP contribution in [0.15, 0.2) is 0 Å². The van der Waals surface area contributed by atoms with Crippen molar-refractivity contribution in [3.63, 3.8) is 0 Å². The summed E-state index contributed by atoms with van der Waals surface area (Å²) in [6, 6.07) is 0. The van der Waals surface area contributed by atoms with Crippen molar-refractivity contribution < 1.29 is 4.79 Å². The van der Waals surface area contributed by atoms with E-state index >= 15 is 0 Å². The molecule has 0 aromatic carbocycles. The van der Waals surface area contributed by atoms with Gasteiger partial charge in [0.1, 0.15) is 5.38 Å². The summed E-state index contributed by atoms with van der Waals surface area (Å²) in [7, 11) is 0. The topological polar surface area (TPSA) is 29.1 Å². The number of carbonyl (C=O) groups is 1. The summed E-state index contributed by atoms with van der Waals surface area (Å²) in [5.41, 5.74) is 0. The highest BCUT2D eigenvalue weighted by molar-refractivity contribution is 6.30. The van der Waals surface area contributed by atoms with Crippen molar-refractivity contribution in [1.82, 2.24) is 5.32 Å². The standard InChI is InChI=1S/C10H18ClNO/c1-8(11)10(13)12-7-6-9-4-2-3-5-9/h8-9H,2-7H2,1H3,(H,12,13). The molecule has 76 valence electrons. The van der Waals surface area contributed by atoms with Crippen molar-refractivity contribution in [1.29, 1.82) is 0 Å². The number of carbonyl (C=O) groups excluding carboxylic acids is 1. The van der Waals surface area contributed by atoms with Crippen LogP contribution >= 0.6 is 11.6 Å². The van der Waals surface area contributed by atoms with Crippen molar-refractivity contribution >= 4 is 17.5 Å². The molecule has 1 rings (SSSR count). The molecule has 0 spiro atoms. The Labute approximate surface area is 85.0 Å². The molecule has 1 atom stereocenters. The molecule has 2 nitrogen and oxygen atoms in total. The molecule has 0 heterocycles. The Morgan fingerprint density at radius 3 is 2.69 bits per heavy atom. The summed E-state index contributed by atoms with van der Waals surface area (Å²) in [6.45, 7) is 2.49. The third-order valence-corrected chi connectivity index (χ3v) is 2.89. The second-order valence-corrected chi connectivity index (χ2v) is 4.50. The first-order valence-electron chi connectivity index (χ1n) is 5.12. The summed E-state index contributed by atoms with van der Waals surface area (Å²) in [6.07, 6.45) is 6.53. The quantitative estimate of drug-likeness (QED) is 0.699. The lowest BCUT2D eigenvalue weighted by Gasteiger charge is -2.10. The van der Waals surface area contributed by atoms with Gasteiger partial charge in [-0.15, -0.1) is 11.6 Å². The summed E-state index contributed by atoms with van der Waals surface area (Å²) in [4.78, 5) is 11.1. The van der Waals surface area contributed by atoms with Crippen LogP contribution in [-0.2, 0) is 4.79 Å². The molecule has 3 heteroatoms. The maximum Gasteiger partial charge on any atom is 0.237 e. The van der Waals surface area contributed by atoms with E-state index in [0.29, 0.717) is 0 Å². The van der Waals surface area contributed by atoms with Crippen molar-refractivity contribution in [2.75, 3.05) is 6.54 Å². The SMILES string of the molecule is CC(Cl)C(=O)NCCC1CCCC1. The summed E-state index contributed by atoms with van der Waals surface area (Å²) in [5.74, 6) is 0.797. The lowest BCUT2D eigenvalue weighted by Crippen LogP contribution is -2.31. The van der Waals surface area contributed by atoms with Crippen LogP contribution in [-0.4, -0.2) is 17.8 Å². The van der Waals surface area contributed by atoms with Gasteiger partial charge in [-0.25, -0.2) is 0 Å². The van der Waals surface area contributed by atoms with Crippen LogP contribution in [0.5, 0.6) is 0 Å². The molecule has 0 aliphatic heterocycles. The molecule has 0 radical (unpaired) electrons. The predicted molar refractivity (Wildman–Crippen MR) is 54.9 cm³/mol. The van der Waals surface area contributed by atoms with Gasteiger partial charge in [0.15, 0.2) is 0 Å². The third-order valence-electron chi connectivity index (χ3n) is 2.69. The number of amides is 1. The molecule has 0 aromatic heterocycles. The number of alkyl halides is 1. The Hall–Kier alpha value is -0.240. The van der Waals surface area contributed by atoms with Gasteiger partial charge in [0, 0.05) is 6.54 Å². The molecule has 1 aliphatic carbocycles. The first-order valence-corrected chi connectivity index (χ1v) is 5.55. The van der Waals surface area contributed by atoms with Crippen molar-refractivity contribution in [3.8, 4) is 0 Å². The van der Waals surface area contributed by atoms with Crippen LogP contribution in [0, 0.1) is 5.92 Å². The van der Waals surface area contributed by atoms with E-state index in [2.05, 4.69) is 5.32 Å². The number of hydrogen-bond acceptors (Lipinski definition) is 1. The second kappa shape index (κ2) is 5.48. The molecule has 1 N–H and O–H groups in total. The van der Waals surface area contributed by atoms with Crippen molar-refractivity contribution in [3.05, 3.63) is 0 Å². The zero-order valence-electron chi connectivity index (χ0n) is 8.18. The summed E-state index contributed by atoms with van der Waals surface area (Å²) < 4.78 is 0. The Morgan fingerprint density at radius 2 is 2.15 bits per heavy atom. The Balaban J connectivity index is 2.03. The van der Waals surface area contributed by atoms with E-state index in [4.69, 9.17) is 11.6 Å². The summed E-state index contributed by atoms with van der Waals surface area (Å²) >= 11 is 5.61. The highest BCUT2D eigenvalue weighted by Gasteiger charge is 2.15. The van der Waals surface area contributed by atoms with E-state index in [9.17, 15) is 4.79 Å². The van der Waals surface area contributed by atoms with Gasteiger partial charge in [-0.1, -0.05) is 25.7 Å². The maximum absolute atomic E-state index is 11.1. The van der Waals surface area contributed by atoms with Gasteiger partial charge in [0.05, 0.1) is 0 Å². The predicted octanol–water partition coefficient (Wildman–Crippen LogP) is 2.31. The van der Waals surface area contributed by atoms with Crippen LogP contribution in [0.3, 0.4) is 0 Å². The molecular weight excluding hydrogens is 186 g/mol. The monoisotopic (exact) mass is 203 g/mol.